The summed E-state index contributed by atoms with van der Waals surface area (Å²) in [5, 5.41) is 0. The Bertz CT molecular complexity index is 415. The van der Waals surface area contributed by atoms with Gasteiger partial charge in [0.1, 0.15) is 5.75 Å². The van der Waals surface area contributed by atoms with E-state index in [1.54, 1.807) is 7.11 Å². The topological polar surface area (TPSA) is 57.4 Å². The van der Waals surface area contributed by atoms with Gasteiger partial charge in [-0.1, -0.05) is 19.3 Å². The van der Waals surface area contributed by atoms with Crippen LogP contribution >= 0.6 is 0 Å². The molecule has 0 radical (unpaired) electrons. The lowest BCUT2D eigenvalue weighted by Gasteiger charge is -2.32. The highest BCUT2D eigenvalue weighted by Gasteiger charge is 2.27. The summed E-state index contributed by atoms with van der Waals surface area (Å²) in [7, 11) is 1.66. The third kappa shape index (κ3) is 4.18. The summed E-state index contributed by atoms with van der Waals surface area (Å²) in [6.45, 7) is 3.07. The van der Waals surface area contributed by atoms with E-state index in [9.17, 15) is 0 Å². The Morgan fingerprint density at radius 2 is 2.00 bits per heavy atom. The van der Waals surface area contributed by atoms with Crippen molar-refractivity contribution in [2.24, 2.45) is 5.73 Å². The molecular formula is C15H24N2O2. The molecule has 0 bridgehead atoms. The molecule has 4 nitrogen and oxygen atoms in total. The average Bonchev–Trinajstić information content (AvgIpc) is 2.38. The highest BCUT2D eigenvalue weighted by Crippen LogP contribution is 2.26. The van der Waals surface area contributed by atoms with E-state index >= 15 is 0 Å². The van der Waals surface area contributed by atoms with Gasteiger partial charge in [0, 0.05) is 23.4 Å². The van der Waals surface area contributed by atoms with Crippen molar-refractivity contribution < 1.29 is 9.47 Å². The summed E-state index contributed by atoms with van der Waals surface area (Å²) in [5.41, 5.74) is 8.05. The monoisotopic (exact) mass is 264 g/mol. The molecule has 1 aromatic rings. The van der Waals surface area contributed by atoms with Crippen molar-refractivity contribution >= 4 is 0 Å². The number of aromatic nitrogens is 1. The van der Waals surface area contributed by atoms with Gasteiger partial charge in [0.15, 0.2) is 0 Å². The molecule has 1 saturated carbocycles. The van der Waals surface area contributed by atoms with E-state index in [4.69, 9.17) is 15.2 Å². The minimum Gasteiger partial charge on any atom is -0.497 e. The van der Waals surface area contributed by atoms with Crippen molar-refractivity contribution in [1.29, 1.82) is 0 Å². The van der Waals surface area contributed by atoms with E-state index in [0.29, 0.717) is 13.2 Å². The molecule has 19 heavy (non-hydrogen) atoms. The highest BCUT2D eigenvalue weighted by atomic mass is 16.5. The predicted octanol–water partition coefficient (Wildman–Crippen LogP) is 2.58. The molecule has 1 fully saturated rings. The van der Waals surface area contributed by atoms with Crippen molar-refractivity contribution in [3.63, 3.8) is 0 Å². The van der Waals surface area contributed by atoms with Crippen LogP contribution in [-0.4, -0.2) is 24.2 Å². The largest absolute Gasteiger partial charge is 0.497 e. The molecule has 0 aromatic carbocycles. The maximum atomic E-state index is 6.34. The second-order valence-electron chi connectivity index (χ2n) is 5.56. The number of ether oxygens (including phenoxy) is 2. The summed E-state index contributed by atoms with van der Waals surface area (Å²) in [6, 6.07) is 3.83. The van der Waals surface area contributed by atoms with E-state index < -0.39 is 0 Å². The van der Waals surface area contributed by atoms with Crippen LogP contribution in [0.1, 0.15) is 43.5 Å². The van der Waals surface area contributed by atoms with Crippen LogP contribution in [0.5, 0.6) is 5.75 Å². The number of methoxy groups -OCH3 is 1. The molecule has 1 aliphatic carbocycles. The van der Waals surface area contributed by atoms with Crippen molar-refractivity contribution in [3.05, 3.63) is 23.5 Å². The smallest absolute Gasteiger partial charge is 0.122 e. The number of nitrogens with two attached hydrogens (primary N) is 1. The zero-order chi connectivity index (χ0) is 13.7. The zero-order valence-corrected chi connectivity index (χ0v) is 11.9. The molecule has 0 saturated heterocycles. The van der Waals surface area contributed by atoms with Gasteiger partial charge in [0.05, 0.1) is 26.0 Å². The third-order valence-corrected chi connectivity index (χ3v) is 3.70. The molecule has 1 aliphatic rings. The number of hydrogen-bond acceptors (Lipinski definition) is 4. The Morgan fingerprint density at radius 1 is 1.26 bits per heavy atom. The average molecular weight is 264 g/mol. The van der Waals surface area contributed by atoms with Crippen molar-refractivity contribution in [2.75, 3.05) is 13.7 Å². The predicted molar refractivity (Wildman–Crippen MR) is 75.2 cm³/mol. The van der Waals surface area contributed by atoms with Crippen molar-refractivity contribution in [3.8, 4) is 5.75 Å². The van der Waals surface area contributed by atoms with Gasteiger partial charge < -0.3 is 15.2 Å². The molecule has 1 aromatic heterocycles. The molecule has 1 heterocycles. The van der Waals surface area contributed by atoms with Crippen molar-refractivity contribution in [1.82, 2.24) is 4.98 Å². The first-order chi connectivity index (χ1) is 9.11. The van der Waals surface area contributed by atoms with Crippen LogP contribution in [0.25, 0.3) is 0 Å². The van der Waals surface area contributed by atoms with Gasteiger partial charge in [-0.2, -0.15) is 0 Å². The lowest BCUT2D eigenvalue weighted by molar-refractivity contribution is 0.0557. The van der Waals surface area contributed by atoms with Gasteiger partial charge in [0.2, 0.25) is 0 Å². The maximum absolute atomic E-state index is 6.34. The van der Waals surface area contributed by atoms with Crippen molar-refractivity contribution in [2.45, 2.75) is 51.2 Å². The molecule has 0 spiro atoms. The Hall–Kier alpha value is -1.13. The fourth-order valence-electron chi connectivity index (χ4n) is 2.65. The Balaban J connectivity index is 1.86. The zero-order valence-electron chi connectivity index (χ0n) is 11.9. The van der Waals surface area contributed by atoms with Crippen LogP contribution in [-0.2, 0) is 11.3 Å². The number of aryl methyl sites for hydroxylation is 1. The van der Waals surface area contributed by atoms with E-state index in [1.165, 1.54) is 19.3 Å². The number of nitrogens with zero attached hydrogens (tertiary/aromatic N) is 1. The Morgan fingerprint density at radius 3 is 2.68 bits per heavy atom. The van der Waals surface area contributed by atoms with E-state index in [-0.39, 0.29) is 5.54 Å². The van der Waals surface area contributed by atoms with Crippen LogP contribution < -0.4 is 10.5 Å². The van der Waals surface area contributed by atoms with Crippen LogP contribution in [0.4, 0.5) is 0 Å². The van der Waals surface area contributed by atoms with Crippen LogP contribution in [0, 0.1) is 6.92 Å². The van der Waals surface area contributed by atoms with Crippen LogP contribution in [0.3, 0.4) is 0 Å². The van der Waals surface area contributed by atoms with E-state index in [2.05, 4.69) is 4.98 Å². The summed E-state index contributed by atoms with van der Waals surface area (Å²) in [4.78, 5) is 4.44. The molecule has 106 valence electrons. The van der Waals surface area contributed by atoms with E-state index in [1.807, 2.05) is 19.1 Å². The molecule has 0 aliphatic heterocycles. The Labute approximate surface area is 115 Å². The molecule has 4 heteroatoms. The summed E-state index contributed by atoms with van der Waals surface area (Å²) in [5.74, 6) is 0.825. The van der Waals surface area contributed by atoms with Gasteiger partial charge in [-0.05, 0) is 19.8 Å². The molecule has 0 unspecified atom stereocenters. The fourth-order valence-corrected chi connectivity index (χ4v) is 2.65. The summed E-state index contributed by atoms with van der Waals surface area (Å²) >= 11 is 0. The number of pyridine rings is 1. The van der Waals surface area contributed by atoms with E-state index in [0.717, 1.165) is 30.0 Å². The second-order valence-corrected chi connectivity index (χ2v) is 5.56. The first-order valence-corrected chi connectivity index (χ1v) is 6.99. The second kappa shape index (κ2) is 6.35. The number of hydrogen-bond donors (Lipinski definition) is 1. The maximum Gasteiger partial charge on any atom is 0.122 e. The minimum atomic E-state index is -0.133. The molecule has 2 N–H and O–H groups in total. The highest BCUT2D eigenvalue weighted by molar-refractivity contribution is 5.26. The minimum absolute atomic E-state index is 0.133. The Kier molecular flexibility index (Phi) is 4.77. The summed E-state index contributed by atoms with van der Waals surface area (Å²) < 4.78 is 11.0. The lowest BCUT2D eigenvalue weighted by Crippen LogP contribution is -2.46. The molecule has 0 amide bonds. The van der Waals surface area contributed by atoms with Crippen LogP contribution in [0.15, 0.2) is 12.1 Å². The van der Waals surface area contributed by atoms with Gasteiger partial charge in [-0.25, -0.2) is 0 Å². The quantitative estimate of drug-likeness (QED) is 0.888. The van der Waals surface area contributed by atoms with Gasteiger partial charge in [0.25, 0.3) is 0 Å². The fraction of sp³-hybridized carbons (Fsp3) is 0.667. The number of rotatable bonds is 5. The van der Waals surface area contributed by atoms with Gasteiger partial charge in [-0.15, -0.1) is 0 Å². The normalized spacial score (nSPS) is 18.3. The van der Waals surface area contributed by atoms with Gasteiger partial charge in [-0.3, -0.25) is 4.98 Å². The van der Waals surface area contributed by atoms with Gasteiger partial charge >= 0.3 is 0 Å². The lowest BCUT2D eigenvalue weighted by atomic mass is 9.83. The SMILES string of the molecule is COc1cc(C)nc(COCC2(N)CCCCC2)c1. The molecule has 0 atom stereocenters. The standard InChI is InChI=1S/C15H24N2O2/c1-12-8-14(18-2)9-13(17-12)10-19-11-15(16)6-4-3-5-7-15/h8-9H,3-7,10-11,16H2,1-2H3. The van der Waals surface area contributed by atoms with Crippen LogP contribution in [0.2, 0.25) is 0 Å². The first kappa shape index (κ1) is 14.3. The first-order valence-electron chi connectivity index (χ1n) is 6.99. The molecule has 2 rings (SSSR count). The molecular weight excluding hydrogens is 240 g/mol. The summed E-state index contributed by atoms with van der Waals surface area (Å²) in [6.07, 6.45) is 5.87. The third-order valence-electron chi connectivity index (χ3n) is 3.70.